The number of ether oxygens (including phenoxy) is 1. The second-order valence-corrected chi connectivity index (χ2v) is 6.28. The SMILES string of the molecule is Cc1ccc(NC(=O)[C@H](C)OC(=O)c2ccc(Br)cc2)c(C)c1. The molecule has 0 unspecified atom stereocenters. The van der Waals surface area contributed by atoms with Crippen LogP contribution in [0.5, 0.6) is 0 Å². The predicted octanol–water partition coefficient (Wildman–Crippen LogP) is 4.25. The average molecular weight is 376 g/mol. The Labute approximate surface area is 144 Å². The van der Waals surface area contributed by atoms with E-state index in [4.69, 9.17) is 4.74 Å². The fourth-order valence-electron chi connectivity index (χ4n) is 2.06. The number of rotatable bonds is 4. The standard InChI is InChI=1S/C18H18BrNO3/c1-11-4-9-16(12(2)10-11)20-17(21)13(3)23-18(22)14-5-7-15(19)8-6-14/h4-10,13H,1-3H3,(H,20,21)/t13-/m0/s1. The molecule has 2 rings (SSSR count). The summed E-state index contributed by atoms with van der Waals surface area (Å²) in [5, 5.41) is 2.78. The molecular formula is C18H18BrNO3. The van der Waals surface area contributed by atoms with Crippen LogP contribution in [0.3, 0.4) is 0 Å². The molecule has 0 aliphatic carbocycles. The van der Waals surface area contributed by atoms with Gasteiger partial charge in [-0.15, -0.1) is 0 Å². The van der Waals surface area contributed by atoms with E-state index in [1.807, 2.05) is 32.0 Å². The second-order valence-electron chi connectivity index (χ2n) is 5.36. The first kappa shape index (κ1) is 17.2. The molecule has 0 radical (unpaired) electrons. The highest BCUT2D eigenvalue weighted by atomic mass is 79.9. The van der Waals surface area contributed by atoms with E-state index in [0.717, 1.165) is 15.6 Å². The van der Waals surface area contributed by atoms with E-state index in [1.54, 1.807) is 31.2 Å². The molecule has 0 bridgehead atoms. The summed E-state index contributed by atoms with van der Waals surface area (Å²) in [5.41, 5.74) is 3.20. The van der Waals surface area contributed by atoms with Crippen LogP contribution in [0.25, 0.3) is 0 Å². The van der Waals surface area contributed by atoms with Crippen LogP contribution in [-0.2, 0) is 9.53 Å². The van der Waals surface area contributed by atoms with Gasteiger partial charge in [-0.05, 0) is 56.7 Å². The van der Waals surface area contributed by atoms with Crippen molar-refractivity contribution in [2.24, 2.45) is 0 Å². The van der Waals surface area contributed by atoms with Gasteiger partial charge in [0, 0.05) is 10.2 Å². The summed E-state index contributed by atoms with van der Waals surface area (Å²) in [7, 11) is 0. The van der Waals surface area contributed by atoms with E-state index in [9.17, 15) is 9.59 Å². The van der Waals surface area contributed by atoms with E-state index >= 15 is 0 Å². The maximum atomic E-state index is 12.2. The summed E-state index contributed by atoms with van der Waals surface area (Å²) in [6.45, 7) is 5.46. The zero-order valence-corrected chi connectivity index (χ0v) is 14.8. The minimum Gasteiger partial charge on any atom is -0.449 e. The summed E-state index contributed by atoms with van der Waals surface area (Å²) < 4.78 is 6.08. The average Bonchev–Trinajstić information content (AvgIpc) is 2.50. The Hall–Kier alpha value is -2.14. The molecule has 0 heterocycles. The van der Waals surface area contributed by atoms with Crippen molar-refractivity contribution < 1.29 is 14.3 Å². The summed E-state index contributed by atoms with van der Waals surface area (Å²) in [6.07, 6.45) is -0.883. The molecule has 0 aromatic heterocycles. The molecule has 1 N–H and O–H groups in total. The second kappa shape index (κ2) is 7.42. The van der Waals surface area contributed by atoms with Crippen LogP contribution in [0, 0.1) is 13.8 Å². The fourth-order valence-corrected chi connectivity index (χ4v) is 2.32. The molecule has 4 nitrogen and oxygen atoms in total. The molecule has 0 spiro atoms. The van der Waals surface area contributed by atoms with Crippen molar-refractivity contribution in [2.75, 3.05) is 5.32 Å². The van der Waals surface area contributed by atoms with Crippen LogP contribution in [0.2, 0.25) is 0 Å². The summed E-state index contributed by atoms with van der Waals surface area (Å²) in [6, 6.07) is 12.5. The van der Waals surface area contributed by atoms with Crippen LogP contribution >= 0.6 is 15.9 Å². The van der Waals surface area contributed by atoms with E-state index in [1.165, 1.54) is 0 Å². The third kappa shape index (κ3) is 4.66. The highest BCUT2D eigenvalue weighted by Crippen LogP contribution is 2.17. The van der Waals surface area contributed by atoms with Gasteiger partial charge in [0.1, 0.15) is 0 Å². The first-order chi connectivity index (χ1) is 10.9. The lowest BCUT2D eigenvalue weighted by Gasteiger charge is -2.15. The van der Waals surface area contributed by atoms with Crippen molar-refractivity contribution in [1.82, 2.24) is 0 Å². The van der Waals surface area contributed by atoms with Crippen molar-refractivity contribution in [3.05, 3.63) is 63.6 Å². The quantitative estimate of drug-likeness (QED) is 0.812. The topological polar surface area (TPSA) is 55.4 Å². The number of benzene rings is 2. The molecule has 5 heteroatoms. The lowest BCUT2D eigenvalue weighted by Crippen LogP contribution is -2.30. The molecule has 120 valence electrons. The minimum atomic E-state index is -0.883. The fraction of sp³-hybridized carbons (Fsp3) is 0.222. The van der Waals surface area contributed by atoms with E-state index in [0.29, 0.717) is 11.3 Å². The highest BCUT2D eigenvalue weighted by molar-refractivity contribution is 9.10. The van der Waals surface area contributed by atoms with Gasteiger partial charge in [0.05, 0.1) is 5.56 Å². The van der Waals surface area contributed by atoms with Crippen LogP contribution in [0.15, 0.2) is 46.9 Å². The maximum Gasteiger partial charge on any atom is 0.338 e. The van der Waals surface area contributed by atoms with Gasteiger partial charge in [0.15, 0.2) is 6.10 Å². The number of amides is 1. The largest absolute Gasteiger partial charge is 0.449 e. The Morgan fingerprint density at radius 1 is 1.09 bits per heavy atom. The Bertz CT molecular complexity index is 726. The van der Waals surface area contributed by atoms with E-state index in [-0.39, 0.29) is 5.91 Å². The van der Waals surface area contributed by atoms with Crippen molar-refractivity contribution in [2.45, 2.75) is 26.9 Å². The van der Waals surface area contributed by atoms with Gasteiger partial charge in [-0.1, -0.05) is 33.6 Å². The first-order valence-corrected chi connectivity index (χ1v) is 8.01. The normalized spacial score (nSPS) is 11.7. The van der Waals surface area contributed by atoms with Crippen LogP contribution in [0.4, 0.5) is 5.69 Å². The number of hydrogen-bond donors (Lipinski definition) is 1. The van der Waals surface area contributed by atoms with Crippen LogP contribution in [0.1, 0.15) is 28.4 Å². The smallest absolute Gasteiger partial charge is 0.338 e. The van der Waals surface area contributed by atoms with Gasteiger partial charge in [0.2, 0.25) is 0 Å². The molecule has 2 aromatic rings. The molecular weight excluding hydrogens is 358 g/mol. The van der Waals surface area contributed by atoms with Crippen molar-refractivity contribution in [1.29, 1.82) is 0 Å². The summed E-state index contributed by atoms with van der Waals surface area (Å²) in [4.78, 5) is 24.2. The van der Waals surface area contributed by atoms with Gasteiger partial charge < -0.3 is 10.1 Å². The number of halogens is 1. The Morgan fingerprint density at radius 3 is 2.35 bits per heavy atom. The highest BCUT2D eigenvalue weighted by Gasteiger charge is 2.19. The van der Waals surface area contributed by atoms with Gasteiger partial charge in [-0.25, -0.2) is 4.79 Å². The summed E-state index contributed by atoms with van der Waals surface area (Å²) in [5.74, 6) is -0.886. The Balaban J connectivity index is 1.99. The van der Waals surface area contributed by atoms with Gasteiger partial charge in [0.25, 0.3) is 5.91 Å². The predicted molar refractivity (Wildman–Crippen MR) is 93.6 cm³/mol. The van der Waals surface area contributed by atoms with Gasteiger partial charge >= 0.3 is 5.97 Å². The molecule has 1 atom stereocenters. The molecule has 0 saturated carbocycles. The van der Waals surface area contributed by atoms with Crippen LogP contribution < -0.4 is 5.32 Å². The van der Waals surface area contributed by atoms with Crippen molar-refractivity contribution >= 4 is 33.5 Å². The third-order valence-corrected chi connectivity index (χ3v) is 3.90. The van der Waals surface area contributed by atoms with Gasteiger partial charge in [-0.3, -0.25) is 4.79 Å². The Kier molecular flexibility index (Phi) is 5.55. The number of esters is 1. The van der Waals surface area contributed by atoms with Crippen molar-refractivity contribution in [3.63, 3.8) is 0 Å². The molecule has 0 aliphatic rings. The zero-order valence-electron chi connectivity index (χ0n) is 13.2. The lowest BCUT2D eigenvalue weighted by molar-refractivity contribution is -0.123. The van der Waals surface area contributed by atoms with E-state index in [2.05, 4.69) is 21.2 Å². The first-order valence-electron chi connectivity index (χ1n) is 7.21. The molecule has 1 amide bonds. The number of hydrogen-bond acceptors (Lipinski definition) is 3. The summed E-state index contributed by atoms with van der Waals surface area (Å²) >= 11 is 3.30. The molecule has 0 fully saturated rings. The number of aryl methyl sites for hydroxylation is 2. The Morgan fingerprint density at radius 2 is 1.74 bits per heavy atom. The number of carbonyl (C=O) groups excluding carboxylic acids is 2. The minimum absolute atomic E-state index is 0.359. The number of carbonyl (C=O) groups is 2. The third-order valence-electron chi connectivity index (χ3n) is 3.37. The van der Waals surface area contributed by atoms with Crippen LogP contribution in [-0.4, -0.2) is 18.0 Å². The molecule has 0 saturated heterocycles. The zero-order chi connectivity index (χ0) is 17.0. The number of nitrogens with one attached hydrogen (secondary N) is 1. The van der Waals surface area contributed by atoms with Crippen molar-refractivity contribution in [3.8, 4) is 0 Å². The number of anilines is 1. The van der Waals surface area contributed by atoms with E-state index < -0.39 is 12.1 Å². The van der Waals surface area contributed by atoms with Gasteiger partial charge in [-0.2, -0.15) is 0 Å². The molecule has 2 aromatic carbocycles. The monoisotopic (exact) mass is 375 g/mol. The lowest BCUT2D eigenvalue weighted by atomic mass is 10.1. The maximum absolute atomic E-state index is 12.2. The molecule has 0 aliphatic heterocycles. The molecule has 23 heavy (non-hydrogen) atoms.